The minimum Gasteiger partial charge on any atom is -0.444 e. The Labute approximate surface area is 322 Å². The third kappa shape index (κ3) is 7.22. The SMILES string of the molecule is CNc1cc(N2CCc3c(-c4ncc(CN5CC6(CCN(C(=O)OC(C)(C)C)CC6(F)F)C5)cc4F)cc(F)cc32)nn2c(C(=O)NC3CCC3)cnc12.CO. The summed E-state index contributed by atoms with van der Waals surface area (Å²) in [5.41, 5.74) is 1.33. The third-order valence-corrected chi connectivity index (χ3v) is 11.0. The molecule has 1 aromatic carbocycles. The van der Waals surface area contributed by atoms with E-state index in [-0.39, 0.29) is 55.9 Å². The topological polar surface area (TPSA) is 140 Å². The minimum atomic E-state index is -3.11. The van der Waals surface area contributed by atoms with Gasteiger partial charge in [-0.25, -0.2) is 31.9 Å². The molecule has 0 bridgehead atoms. The van der Waals surface area contributed by atoms with Gasteiger partial charge in [-0.05, 0) is 82.2 Å². The number of carbonyl (C=O) groups excluding carboxylic acids is 2. The maximum atomic E-state index is 15.9. The molecular formula is C39H47F4N9O4. The lowest BCUT2D eigenvalue weighted by Gasteiger charge is -2.57. The number of hydrogen-bond donors (Lipinski definition) is 3. The van der Waals surface area contributed by atoms with E-state index < -0.39 is 41.2 Å². The lowest BCUT2D eigenvalue weighted by Crippen LogP contribution is -2.70. The van der Waals surface area contributed by atoms with Crippen molar-refractivity contribution in [2.45, 2.75) is 77.0 Å². The first-order valence-corrected chi connectivity index (χ1v) is 18.8. The van der Waals surface area contributed by atoms with E-state index >= 15 is 17.6 Å². The standard InChI is InChI=1S/C38H43F4N9O3.CH4O/c1-36(2,3)54-35(53)49-11-9-37(38(41,42)21-49)19-48(20-37)18-22-12-27(40)32(44-16-22)26-13-23(39)14-29-25(26)8-10-50(29)31-15-28(43-4)33-45-17-30(51(33)47-31)34(52)46-24-6-5-7-24;1-2/h12-17,24,43H,5-11,18-21H2,1-4H3,(H,46,52);2H,1H3. The van der Waals surface area contributed by atoms with E-state index in [1.165, 1.54) is 35.1 Å². The first-order chi connectivity index (χ1) is 26.6. The van der Waals surface area contributed by atoms with Crippen LogP contribution >= 0.6 is 0 Å². The molecular weight excluding hydrogens is 734 g/mol. The van der Waals surface area contributed by atoms with E-state index in [2.05, 4.69) is 20.6 Å². The molecule has 3 aliphatic heterocycles. The van der Waals surface area contributed by atoms with Gasteiger partial charge in [0.2, 0.25) is 0 Å². The highest BCUT2D eigenvalue weighted by Gasteiger charge is 2.63. The molecule has 4 aliphatic rings. The van der Waals surface area contributed by atoms with Gasteiger partial charge in [-0.3, -0.25) is 14.7 Å². The van der Waals surface area contributed by atoms with Crippen molar-refractivity contribution in [1.29, 1.82) is 0 Å². The summed E-state index contributed by atoms with van der Waals surface area (Å²) in [5, 5.41) is 17.9. The monoisotopic (exact) mass is 781 g/mol. The number of piperidine rings is 1. The van der Waals surface area contributed by atoms with Crippen LogP contribution in [0.15, 0.2) is 36.7 Å². The van der Waals surface area contributed by atoms with Crippen molar-refractivity contribution in [3.63, 3.8) is 0 Å². The number of imidazole rings is 1. The Bertz CT molecular complexity index is 2150. The van der Waals surface area contributed by atoms with Gasteiger partial charge in [-0.1, -0.05) is 0 Å². The van der Waals surface area contributed by atoms with Crippen LogP contribution in [0.1, 0.15) is 68.1 Å². The number of nitrogens with one attached hydrogen (secondary N) is 2. The maximum Gasteiger partial charge on any atom is 0.410 e. The molecule has 1 spiro atoms. The molecule has 13 nitrogen and oxygen atoms in total. The van der Waals surface area contributed by atoms with Crippen LogP contribution in [-0.4, -0.2) is 111 Å². The van der Waals surface area contributed by atoms with E-state index in [0.29, 0.717) is 52.5 Å². The second kappa shape index (κ2) is 14.8. The van der Waals surface area contributed by atoms with Crippen molar-refractivity contribution in [3.05, 3.63) is 65.1 Å². The summed E-state index contributed by atoms with van der Waals surface area (Å²) in [5.74, 6) is -4.16. The predicted molar refractivity (Wildman–Crippen MR) is 201 cm³/mol. The van der Waals surface area contributed by atoms with Crippen LogP contribution in [-0.2, 0) is 17.7 Å². The number of amides is 2. The predicted octanol–water partition coefficient (Wildman–Crippen LogP) is 5.77. The molecule has 1 saturated carbocycles. The molecule has 6 heterocycles. The number of benzene rings is 1. The number of likely N-dealkylation sites (tertiary alicyclic amines) is 2. The Morgan fingerprint density at radius 2 is 1.77 bits per heavy atom. The van der Waals surface area contributed by atoms with Gasteiger partial charge in [-0.2, -0.15) is 0 Å². The minimum absolute atomic E-state index is 0.0126. The highest BCUT2D eigenvalue weighted by molar-refractivity contribution is 5.94. The number of halogens is 4. The van der Waals surface area contributed by atoms with Gasteiger partial charge in [0.1, 0.15) is 22.9 Å². The van der Waals surface area contributed by atoms with Crippen LogP contribution in [0, 0.1) is 17.0 Å². The van der Waals surface area contributed by atoms with Gasteiger partial charge in [0, 0.05) is 76.4 Å². The molecule has 0 atom stereocenters. The van der Waals surface area contributed by atoms with Gasteiger partial charge >= 0.3 is 6.09 Å². The lowest BCUT2D eigenvalue weighted by atomic mass is 9.69. The number of anilines is 3. The lowest BCUT2D eigenvalue weighted by molar-refractivity contribution is -0.223. The van der Waals surface area contributed by atoms with E-state index in [9.17, 15) is 9.59 Å². The number of hydrogen-bond acceptors (Lipinski definition) is 10. The Morgan fingerprint density at radius 3 is 2.41 bits per heavy atom. The van der Waals surface area contributed by atoms with Crippen LogP contribution in [0.2, 0.25) is 0 Å². The number of pyridine rings is 1. The summed E-state index contributed by atoms with van der Waals surface area (Å²) in [6.07, 6.45) is 5.75. The highest BCUT2D eigenvalue weighted by atomic mass is 19.3. The summed E-state index contributed by atoms with van der Waals surface area (Å²) in [4.78, 5) is 39.1. The number of alkyl halides is 2. The smallest absolute Gasteiger partial charge is 0.410 e. The van der Waals surface area contributed by atoms with Gasteiger partial charge in [0.15, 0.2) is 17.2 Å². The normalized spacial score (nSPS) is 18.8. The number of rotatable bonds is 7. The first kappa shape index (κ1) is 39.2. The van der Waals surface area contributed by atoms with Gasteiger partial charge in [0.25, 0.3) is 11.8 Å². The van der Waals surface area contributed by atoms with Gasteiger partial charge in [0.05, 0.1) is 23.8 Å². The van der Waals surface area contributed by atoms with Gasteiger partial charge < -0.3 is 30.3 Å². The highest BCUT2D eigenvalue weighted by Crippen LogP contribution is 2.51. The molecule has 0 unspecified atom stereocenters. The molecule has 56 heavy (non-hydrogen) atoms. The maximum absolute atomic E-state index is 15.9. The van der Waals surface area contributed by atoms with Crippen molar-refractivity contribution >= 4 is 34.8 Å². The molecule has 2 amide bonds. The quantitative estimate of drug-likeness (QED) is 0.198. The first-order valence-electron chi connectivity index (χ1n) is 18.8. The van der Waals surface area contributed by atoms with Crippen molar-refractivity contribution in [2.75, 3.05) is 57.1 Å². The van der Waals surface area contributed by atoms with Crippen LogP contribution in [0.4, 0.5) is 39.5 Å². The molecule has 4 aromatic rings. The summed E-state index contributed by atoms with van der Waals surface area (Å²) in [7, 11) is 2.74. The number of aliphatic hydroxyl groups is 1. The molecule has 3 N–H and O–H groups in total. The van der Waals surface area contributed by atoms with Crippen molar-refractivity contribution < 1.29 is 37.0 Å². The molecule has 2 saturated heterocycles. The molecule has 17 heteroatoms. The second-order valence-corrected chi connectivity index (χ2v) is 16.0. The summed E-state index contributed by atoms with van der Waals surface area (Å²) in [6, 6.07) is 5.89. The van der Waals surface area contributed by atoms with E-state index in [1.54, 1.807) is 33.9 Å². The van der Waals surface area contributed by atoms with Crippen molar-refractivity contribution in [2.24, 2.45) is 5.41 Å². The molecule has 0 radical (unpaired) electrons. The summed E-state index contributed by atoms with van der Waals surface area (Å²) < 4.78 is 68.8. The van der Waals surface area contributed by atoms with Crippen LogP contribution in [0.3, 0.4) is 0 Å². The Kier molecular flexibility index (Phi) is 10.4. The average Bonchev–Trinajstić information content (AvgIpc) is 3.74. The van der Waals surface area contributed by atoms with Crippen molar-refractivity contribution in [1.82, 2.24) is 34.7 Å². The number of aliphatic hydroxyl groups excluding tert-OH is 1. The van der Waals surface area contributed by atoms with E-state index in [0.717, 1.165) is 31.3 Å². The molecule has 8 rings (SSSR count). The molecule has 3 aromatic heterocycles. The number of ether oxygens (including phenoxy) is 1. The zero-order valence-corrected chi connectivity index (χ0v) is 32.1. The fraction of sp³-hybridized carbons (Fsp3) is 0.513. The van der Waals surface area contributed by atoms with Crippen LogP contribution < -0.4 is 15.5 Å². The largest absolute Gasteiger partial charge is 0.444 e. The zero-order chi connectivity index (χ0) is 40.2. The third-order valence-electron chi connectivity index (χ3n) is 11.0. The summed E-state index contributed by atoms with van der Waals surface area (Å²) >= 11 is 0. The second-order valence-electron chi connectivity index (χ2n) is 16.0. The van der Waals surface area contributed by atoms with E-state index in [1.807, 2.05) is 9.80 Å². The fourth-order valence-electron chi connectivity index (χ4n) is 7.99. The van der Waals surface area contributed by atoms with Gasteiger partial charge in [-0.15, -0.1) is 5.10 Å². The Morgan fingerprint density at radius 1 is 1.02 bits per heavy atom. The van der Waals surface area contributed by atoms with E-state index in [4.69, 9.17) is 14.9 Å². The Balaban J connectivity index is 0.00000237. The molecule has 300 valence electrons. The van der Waals surface area contributed by atoms with Crippen LogP contribution in [0.25, 0.3) is 16.9 Å². The number of aromatic nitrogens is 4. The summed E-state index contributed by atoms with van der Waals surface area (Å²) in [6.45, 7) is 5.36. The fourth-order valence-corrected chi connectivity index (χ4v) is 7.99. The molecule has 1 aliphatic carbocycles. The Hall–Kier alpha value is -5.03. The van der Waals surface area contributed by atoms with Crippen molar-refractivity contribution in [3.8, 4) is 11.3 Å². The van der Waals surface area contributed by atoms with Crippen LogP contribution in [0.5, 0.6) is 0 Å². The average molecular weight is 782 g/mol. The zero-order valence-electron chi connectivity index (χ0n) is 32.1. The number of fused-ring (bicyclic) bond motifs is 2. The number of nitrogens with zero attached hydrogens (tertiary/aromatic N) is 7. The number of carbonyl (C=O) groups is 2. The molecule has 3 fully saturated rings.